The van der Waals surface area contributed by atoms with Gasteiger partial charge in [-0.3, -0.25) is 4.79 Å². The Bertz CT molecular complexity index is 513. The van der Waals surface area contributed by atoms with E-state index in [1.165, 1.54) is 31.2 Å². The van der Waals surface area contributed by atoms with Crippen LogP contribution in [0.1, 0.15) is 39.7 Å². The Morgan fingerprint density at radius 3 is 2.19 bits per heavy atom. The maximum atomic E-state index is 13.0. The molecule has 5 heteroatoms. The lowest BCUT2D eigenvalue weighted by Gasteiger charge is -2.28. The summed E-state index contributed by atoms with van der Waals surface area (Å²) in [5.41, 5.74) is -1.23. The van der Waals surface area contributed by atoms with Crippen LogP contribution in [0.2, 0.25) is 0 Å². The number of benzene rings is 1. The fourth-order valence-corrected chi connectivity index (χ4v) is 1.89. The average molecular weight is 295 g/mol. The minimum atomic E-state index is -1.57. The fraction of sp³-hybridized carbons (Fsp3) is 0.500. The predicted octanol–water partition coefficient (Wildman–Crippen LogP) is 2.92. The van der Waals surface area contributed by atoms with Crippen molar-refractivity contribution in [2.45, 2.75) is 39.7 Å². The summed E-state index contributed by atoms with van der Waals surface area (Å²) in [5.74, 6) is -1.48. The zero-order valence-corrected chi connectivity index (χ0v) is 12.8. The molecule has 0 saturated heterocycles. The highest BCUT2D eigenvalue weighted by Gasteiger charge is 2.37. The van der Waals surface area contributed by atoms with Crippen LogP contribution in [-0.2, 0) is 15.1 Å². The second-order valence-electron chi connectivity index (χ2n) is 5.91. The van der Waals surface area contributed by atoms with Crippen molar-refractivity contribution in [3.63, 3.8) is 0 Å². The SMILES string of the molecule is CC(C)C(C)CC(=O)NC(C)(C(=O)O)c1ccc(F)cc1. The zero-order chi connectivity index (χ0) is 16.2. The molecule has 0 aliphatic rings. The van der Waals surface area contributed by atoms with E-state index < -0.39 is 17.3 Å². The Morgan fingerprint density at radius 2 is 1.76 bits per heavy atom. The summed E-state index contributed by atoms with van der Waals surface area (Å²) in [6.45, 7) is 7.36. The third-order valence-electron chi connectivity index (χ3n) is 3.88. The topological polar surface area (TPSA) is 66.4 Å². The first-order valence-corrected chi connectivity index (χ1v) is 6.97. The minimum Gasteiger partial charge on any atom is -0.479 e. The molecule has 1 aromatic rings. The molecular formula is C16H22FNO3. The molecule has 0 aliphatic carbocycles. The summed E-state index contributed by atoms with van der Waals surface area (Å²) in [6.07, 6.45) is 0.252. The quantitative estimate of drug-likeness (QED) is 0.848. The van der Waals surface area contributed by atoms with E-state index in [2.05, 4.69) is 5.32 Å². The van der Waals surface area contributed by atoms with Gasteiger partial charge in [0.05, 0.1) is 0 Å². The molecular weight excluding hydrogens is 273 g/mol. The summed E-state index contributed by atoms with van der Waals surface area (Å²) in [4.78, 5) is 23.6. The second kappa shape index (κ2) is 6.70. The highest BCUT2D eigenvalue weighted by Crippen LogP contribution is 2.23. The molecule has 2 N–H and O–H groups in total. The zero-order valence-electron chi connectivity index (χ0n) is 12.8. The standard InChI is InChI=1S/C16H22FNO3/c1-10(2)11(3)9-14(19)18-16(4,15(20)21)12-5-7-13(17)8-6-12/h5-8,10-11H,9H2,1-4H3,(H,18,19)(H,20,21). The number of hydrogen-bond donors (Lipinski definition) is 2. The van der Waals surface area contributed by atoms with E-state index in [-0.39, 0.29) is 18.2 Å². The van der Waals surface area contributed by atoms with E-state index in [9.17, 15) is 19.1 Å². The Labute approximate surface area is 124 Å². The van der Waals surface area contributed by atoms with E-state index in [4.69, 9.17) is 0 Å². The number of carboxylic acid groups (broad SMARTS) is 1. The maximum Gasteiger partial charge on any atom is 0.333 e. The van der Waals surface area contributed by atoms with Crippen molar-refractivity contribution in [3.05, 3.63) is 35.6 Å². The highest BCUT2D eigenvalue weighted by atomic mass is 19.1. The van der Waals surface area contributed by atoms with Crippen molar-refractivity contribution in [3.8, 4) is 0 Å². The number of halogens is 1. The molecule has 0 spiro atoms. The third kappa shape index (κ3) is 4.28. The van der Waals surface area contributed by atoms with Crippen molar-refractivity contribution in [2.24, 2.45) is 11.8 Å². The smallest absolute Gasteiger partial charge is 0.333 e. The lowest BCUT2D eigenvalue weighted by Crippen LogP contribution is -2.50. The summed E-state index contributed by atoms with van der Waals surface area (Å²) < 4.78 is 13.0. The molecule has 1 amide bonds. The first-order valence-electron chi connectivity index (χ1n) is 6.97. The molecule has 0 bridgehead atoms. The summed E-state index contributed by atoms with van der Waals surface area (Å²) in [6, 6.07) is 5.10. The number of carbonyl (C=O) groups is 2. The highest BCUT2D eigenvalue weighted by molar-refractivity contribution is 5.87. The van der Waals surface area contributed by atoms with Crippen molar-refractivity contribution in [1.82, 2.24) is 5.32 Å². The van der Waals surface area contributed by atoms with Gasteiger partial charge in [0.15, 0.2) is 5.54 Å². The van der Waals surface area contributed by atoms with E-state index in [0.717, 1.165) is 0 Å². The number of rotatable bonds is 6. The minimum absolute atomic E-state index is 0.149. The molecule has 1 aromatic carbocycles. The van der Waals surface area contributed by atoms with Crippen LogP contribution in [0.4, 0.5) is 4.39 Å². The fourth-order valence-electron chi connectivity index (χ4n) is 1.89. The van der Waals surface area contributed by atoms with Crippen LogP contribution >= 0.6 is 0 Å². The van der Waals surface area contributed by atoms with Crippen molar-refractivity contribution in [1.29, 1.82) is 0 Å². The lowest BCUT2D eigenvalue weighted by molar-refractivity contribution is -0.147. The van der Waals surface area contributed by atoms with Gasteiger partial charge in [-0.15, -0.1) is 0 Å². The molecule has 0 aromatic heterocycles. The normalized spacial score (nSPS) is 15.3. The van der Waals surface area contributed by atoms with Crippen LogP contribution in [0.15, 0.2) is 24.3 Å². The van der Waals surface area contributed by atoms with E-state index >= 15 is 0 Å². The average Bonchev–Trinajstić information content (AvgIpc) is 2.38. The maximum absolute atomic E-state index is 13.0. The summed E-state index contributed by atoms with van der Waals surface area (Å²) in [7, 11) is 0. The number of carbonyl (C=O) groups excluding carboxylic acids is 1. The molecule has 0 saturated carbocycles. The van der Waals surface area contributed by atoms with Gasteiger partial charge in [-0.05, 0) is 36.5 Å². The van der Waals surface area contributed by atoms with Gasteiger partial charge in [0.25, 0.3) is 0 Å². The predicted molar refractivity (Wildman–Crippen MR) is 78.1 cm³/mol. The molecule has 2 unspecified atom stereocenters. The molecule has 1 rings (SSSR count). The van der Waals surface area contributed by atoms with Crippen LogP contribution in [-0.4, -0.2) is 17.0 Å². The molecule has 4 nitrogen and oxygen atoms in total. The van der Waals surface area contributed by atoms with Gasteiger partial charge in [-0.25, -0.2) is 9.18 Å². The van der Waals surface area contributed by atoms with E-state index in [0.29, 0.717) is 11.5 Å². The molecule has 116 valence electrons. The molecule has 0 aliphatic heterocycles. The van der Waals surface area contributed by atoms with Gasteiger partial charge < -0.3 is 10.4 Å². The van der Waals surface area contributed by atoms with Gasteiger partial charge in [0.2, 0.25) is 5.91 Å². The number of aliphatic carboxylic acids is 1. The Kier molecular flexibility index (Phi) is 5.47. The van der Waals surface area contributed by atoms with Crippen molar-refractivity contribution < 1.29 is 19.1 Å². The summed E-state index contributed by atoms with van der Waals surface area (Å²) in [5, 5.41) is 12.0. The number of amides is 1. The number of nitrogens with one attached hydrogen (secondary N) is 1. The number of carboxylic acids is 1. The van der Waals surface area contributed by atoms with Gasteiger partial charge >= 0.3 is 5.97 Å². The lowest BCUT2D eigenvalue weighted by atomic mass is 9.90. The second-order valence-corrected chi connectivity index (χ2v) is 5.91. The third-order valence-corrected chi connectivity index (χ3v) is 3.88. The van der Waals surface area contributed by atoms with Crippen molar-refractivity contribution in [2.75, 3.05) is 0 Å². The monoisotopic (exact) mass is 295 g/mol. The van der Waals surface area contributed by atoms with E-state index in [1.54, 1.807) is 0 Å². The Hall–Kier alpha value is -1.91. The molecule has 0 heterocycles. The Morgan fingerprint density at radius 1 is 1.24 bits per heavy atom. The number of hydrogen-bond acceptors (Lipinski definition) is 2. The van der Waals surface area contributed by atoms with E-state index in [1.807, 2.05) is 20.8 Å². The van der Waals surface area contributed by atoms with Crippen LogP contribution in [0.25, 0.3) is 0 Å². The largest absolute Gasteiger partial charge is 0.479 e. The van der Waals surface area contributed by atoms with Gasteiger partial charge in [0.1, 0.15) is 5.82 Å². The molecule has 21 heavy (non-hydrogen) atoms. The van der Waals surface area contributed by atoms with Gasteiger partial charge in [0, 0.05) is 6.42 Å². The molecule has 0 fully saturated rings. The molecule has 2 atom stereocenters. The van der Waals surface area contributed by atoms with Crippen LogP contribution in [0.3, 0.4) is 0 Å². The van der Waals surface area contributed by atoms with Gasteiger partial charge in [-0.1, -0.05) is 32.9 Å². The Balaban J connectivity index is 2.94. The van der Waals surface area contributed by atoms with Crippen LogP contribution in [0, 0.1) is 17.7 Å². The van der Waals surface area contributed by atoms with Crippen LogP contribution < -0.4 is 5.32 Å². The first-order chi connectivity index (χ1) is 9.66. The first kappa shape index (κ1) is 17.1. The van der Waals surface area contributed by atoms with Crippen LogP contribution in [0.5, 0.6) is 0 Å². The van der Waals surface area contributed by atoms with Crippen molar-refractivity contribution >= 4 is 11.9 Å². The summed E-state index contributed by atoms with van der Waals surface area (Å²) >= 11 is 0. The van der Waals surface area contributed by atoms with Gasteiger partial charge in [-0.2, -0.15) is 0 Å². The molecule has 0 radical (unpaired) electrons.